The second kappa shape index (κ2) is 5.90. The summed E-state index contributed by atoms with van der Waals surface area (Å²) in [5.41, 5.74) is 0.916. The van der Waals surface area contributed by atoms with Crippen molar-refractivity contribution in [1.29, 1.82) is 0 Å². The van der Waals surface area contributed by atoms with Crippen LogP contribution in [0.3, 0.4) is 0 Å². The normalized spacial score (nSPS) is 21.4. The van der Waals surface area contributed by atoms with Gasteiger partial charge in [-0.3, -0.25) is 0 Å². The zero-order valence-electron chi connectivity index (χ0n) is 13.1. The van der Waals surface area contributed by atoms with Gasteiger partial charge in [-0.25, -0.2) is 9.97 Å². The van der Waals surface area contributed by atoms with E-state index in [9.17, 15) is 0 Å². The highest BCUT2D eigenvalue weighted by Gasteiger charge is 2.35. The minimum atomic E-state index is 0.157. The lowest BCUT2D eigenvalue weighted by atomic mass is 10.0. The molecule has 0 saturated carbocycles. The molecule has 4 heterocycles. The first-order chi connectivity index (χ1) is 11.2. The number of anilines is 1. The van der Waals surface area contributed by atoms with Gasteiger partial charge in [-0.1, -0.05) is 5.16 Å². The summed E-state index contributed by atoms with van der Waals surface area (Å²) in [6, 6.07) is 4.08. The van der Waals surface area contributed by atoms with Gasteiger partial charge in [0.25, 0.3) is 0 Å². The maximum absolute atomic E-state index is 5.70. The van der Waals surface area contributed by atoms with Crippen molar-refractivity contribution in [3.63, 3.8) is 0 Å². The van der Waals surface area contributed by atoms with E-state index in [2.05, 4.69) is 31.5 Å². The summed E-state index contributed by atoms with van der Waals surface area (Å²) < 4.78 is 11.1. The number of aryl methyl sites for hydroxylation is 1. The molecule has 0 amide bonds. The van der Waals surface area contributed by atoms with Crippen molar-refractivity contribution in [2.24, 2.45) is 5.92 Å². The Kier molecular flexibility index (Phi) is 3.74. The summed E-state index contributed by atoms with van der Waals surface area (Å²) in [7, 11) is 1.77. The lowest BCUT2D eigenvalue weighted by molar-refractivity contribution is 0.0813. The van der Waals surface area contributed by atoms with Crippen molar-refractivity contribution in [3.05, 3.63) is 35.3 Å². The van der Waals surface area contributed by atoms with E-state index >= 15 is 0 Å². The second-order valence-electron chi connectivity index (χ2n) is 5.91. The van der Waals surface area contributed by atoms with Crippen molar-refractivity contribution < 1.29 is 9.26 Å². The number of nitrogens with zero attached hydrogens (tertiary/aromatic N) is 4. The van der Waals surface area contributed by atoms with E-state index in [0.29, 0.717) is 5.92 Å². The molecule has 120 valence electrons. The predicted octanol–water partition coefficient (Wildman–Crippen LogP) is 2.68. The molecule has 0 unspecified atom stereocenters. The summed E-state index contributed by atoms with van der Waals surface area (Å²) in [6.45, 7) is 3.66. The van der Waals surface area contributed by atoms with Gasteiger partial charge < -0.3 is 14.2 Å². The Hall–Kier alpha value is -1.99. The van der Waals surface area contributed by atoms with Crippen LogP contribution in [0.4, 0.5) is 5.82 Å². The highest BCUT2D eigenvalue weighted by Crippen LogP contribution is 2.32. The van der Waals surface area contributed by atoms with E-state index in [1.807, 2.05) is 13.0 Å². The molecule has 0 spiro atoms. The van der Waals surface area contributed by atoms with Crippen molar-refractivity contribution in [2.75, 3.05) is 25.1 Å². The molecule has 1 saturated heterocycles. The van der Waals surface area contributed by atoms with Gasteiger partial charge in [0.15, 0.2) is 0 Å². The minimum absolute atomic E-state index is 0.157. The fourth-order valence-electron chi connectivity index (χ4n) is 3.28. The average Bonchev–Trinajstić information content (AvgIpc) is 3.26. The molecule has 6 nitrogen and oxygen atoms in total. The fraction of sp³-hybridized carbons (Fsp3) is 0.438. The molecule has 1 aliphatic rings. The molecule has 23 heavy (non-hydrogen) atoms. The average molecular weight is 330 g/mol. The molecule has 2 atom stereocenters. The summed E-state index contributed by atoms with van der Waals surface area (Å²) in [4.78, 5) is 12.2. The van der Waals surface area contributed by atoms with E-state index < -0.39 is 0 Å². The first kappa shape index (κ1) is 14.6. The van der Waals surface area contributed by atoms with Crippen LogP contribution in [0.2, 0.25) is 0 Å². The standard InChI is InChI=1S/C16H18N4O2S/c1-10-5-12(22-19-10)6-11-7-20(8-14(11)21-2)15-13-3-4-23-16(13)18-9-17-15/h3-5,9,11,14H,6-8H2,1-2H3/t11-,14+/m1/s1. The van der Waals surface area contributed by atoms with Crippen LogP contribution < -0.4 is 4.90 Å². The monoisotopic (exact) mass is 330 g/mol. The Balaban J connectivity index is 1.58. The zero-order valence-corrected chi connectivity index (χ0v) is 13.9. The molecule has 0 aliphatic carbocycles. The third-order valence-corrected chi connectivity index (χ3v) is 5.18. The van der Waals surface area contributed by atoms with Crippen LogP contribution in [-0.4, -0.2) is 41.4 Å². The van der Waals surface area contributed by atoms with Gasteiger partial charge in [-0.05, 0) is 18.4 Å². The quantitative estimate of drug-likeness (QED) is 0.733. The Labute approximate surface area is 138 Å². The zero-order chi connectivity index (χ0) is 15.8. The molecule has 0 bridgehead atoms. The maximum Gasteiger partial charge on any atom is 0.140 e. The first-order valence-corrected chi connectivity index (χ1v) is 8.50. The van der Waals surface area contributed by atoms with Crippen LogP contribution in [0.25, 0.3) is 10.2 Å². The van der Waals surface area contributed by atoms with E-state index in [-0.39, 0.29) is 6.10 Å². The number of fused-ring (bicyclic) bond motifs is 1. The van der Waals surface area contributed by atoms with Crippen LogP contribution >= 0.6 is 11.3 Å². The van der Waals surface area contributed by atoms with E-state index in [4.69, 9.17) is 9.26 Å². The smallest absolute Gasteiger partial charge is 0.140 e. The molecule has 0 N–H and O–H groups in total. The minimum Gasteiger partial charge on any atom is -0.379 e. The van der Waals surface area contributed by atoms with Crippen molar-refractivity contribution in [3.8, 4) is 0 Å². The fourth-order valence-corrected chi connectivity index (χ4v) is 4.00. The first-order valence-electron chi connectivity index (χ1n) is 7.62. The Morgan fingerprint density at radius 3 is 3.09 bits per heavy atom. The highest BCUT2D eigenvalue weighted by atomic mass is 32.1. The number of aromatic nitrogens is 3. The van der Waals surface area contributed by atoms with Crippen LogP contribution in [0.5, 0.6) is 0 Å². The summed E-state index contributed by atoms with van der Waals surface area (Å²) >= 11 is 1.64. The van der Waals surface area contributed by atoms with Gasteiger partial charge in [-0.15, -0.1) is 11.3 Å². The molecule has 1 aliphatic heterocycles. The van der Waals surface area contributed by atoms with Crippen LogP contribution in [-0.2, 0) is 11.2 Å². The van der Waals surface area contributed by atoms with Crippen LogP contribution in [0, 0.1) is 12.8 Å². The molecule has 0 aromatic carbocycles. The number of methoxy groups -OCH3 is 1. The van der Waals surface area contributed by atoms with Gasteiger partial charge in [-0.2, -0.15) is 0 Å². The molecule has 0 radical (unpaired) electrons. The molecular weight excluding hydrogens is 312 g/mol. The lowest BCUT2D eigenvalue weighted by Crippen LogP contribution is -2.23. The van der Waals surface area contributed by atoms with Crippen molar-refractivity contribution in [2.45, 2.75) is 19.4 Å². The molecule has 3 aromatic rings. The van der Waals surface area contributed by atoms with Crippen LogP contribution in [0.1, 0.15) is 11.5 Å². The third kappa shape index (κ3) is 2.70. The van der Waals surface area contributed by atoms with E-state index in [0.717, 1.165) is 47.0 Å². The molecule has 4 rings (SSSR count). The largest absolute Gasteiger partial charge is 0.379 e. The number of thiophene rings is 1. The Morgan fingerprint density at radius 2 is 2.30 bits per heavy atom. The van der Waals surface area contributed by atoms with E-state index in [1.165, 1.54) is 0 Å². The SMILES string of the molecule is CO[C@H]1CN(c2ncnc3sccc23)C[C@H]1Cc1cc(C)no1. The Bertz CT molecular complexity index is 815. The molecule has 3 aromatic heterocycles. The van der Waals surface area contributed by atoms with Crippen LogP contribution in [0.15, 0.2) is 28.4 Å². The second-order valence-corrected chi connectivity index (χ2v) is 6.81. The van der Waals surface area contributed by atoms with Gasteiger partial charge in [0.05, 0.1) is 17.2 Å². The van der Waals surface area contributed by atoms with Crippen molar-refractivity contribution >= 4 is 27.4 Å². The number of hydrogen-bond donors (Lipinski definition) is 0. The number of ether oxygens (including phenoxy) is 1. The highest BCUT2D eigenvalue weighted by molar-refractivity contribution is 7.16. The van der Waals surface area contributed by atoms with Crippen molar-refractivity contribution in [1.82, 2.24) is 15.1 Å². The summed E-state index contributed by atoms with van der Waals surface area (Å²) in [5.74, 6) is 2.27. The van der Waals surface area contributed by atoms with Gasteiger partial charge in [0, 0.05) is 38.6 Å². The number of rotatable bonds is 4. The summed E-state index contributed by atoms with van der Waals surface area (Å²) in [6.07, 6.45) is 2.63. The molecular formula is C16H18N4O2S. The van der Waals surface area contributed by atoms with Gasteiger partial charge >= 0.3 is 0 Å². The third-order valence-electron chi connectivity index (χ3n) is 4.36. The Morgan fingerprint density at radius 1 is 1.39 bits per heavy atom. The lowest BCUT2D eigenvalue weighted by Gasteiger charge is -2.17. The van der Waals surface area contributed by atoms with Gasteiger partial charge in [0.2, 0.25) is 0 Å². The molecule has 1 fully saturated rings. The van der Waals surface area contributed by atoms with E-state index in [1.54, 1.807) is 24.8 Å². The topological polar surface area (TPSA) is 64.3 Å². The predicted molar refractivity (Wildman–Crippen MR) is 88.9 cm³/mol. The van der Waals surface area contributed by atoms with Gasteiger partial charge in [0.1, 0.15) is 22.7 Å². The number of hydrogen-bond acceptors (Lipinski definition) is 7. The summed E-state index contributed by atoms with van der Waals surface area (Å²) in [5, 5.41) is 7.14. The maximum atomic E-state index is 5.70. The molecule has 7 heteroatoms.